The Labute approximate surface area is 111 Å². The van der Waals surface area contributed by atoms with Crippen molar-refractivity contribution in [3.63, 3.8) is 0 Å². The van der Waals surface area contributed by atoms with Crippen molar-refractivity contribution in [1.29, 1.82) is 0 Å². The Morgan fingerprint density at radius 1 is 1.26 bits per heavy atom. The predicted octanol–water partition coefficient (Wildman–Crippen LogP) is 1.83. The van der Waals surface area contributed by atoms with Crippen LogP contribution in [-0.2, 0) is 11.3 Å². The largest absolute Gasteiger partial charge is 0.481 e. The Morgan fingerprint density at radius 2 is 2.05 bits per heavy atom. The highest BCUT2D eigenvalue weighted by molar-refractivity contribution is 5.66. The fourth-order valence-corrected chi connectivity index (χ4v) is 1.76. The Bertz CT molecular complexity index is 522. The monoisotopic (exact) mass is 259 g/mol. The number of hydrogen-bond acceptors (Lipinski definition) is 3. The number of nitrogens with zero attached hydrogens (tertiary/aromatic N) is 2. The van der Waals surface area contributed by atoms with E-state index in [0.29, 0.717) is 19.5 Å². The number of nitrogens with one attached hydrogen (secondary N) is 1. The van der Waals surface area contributed by atoms with Gasteiger partial charge in [-0.1, -0.05) is 18.2 Å². The molecule has 0 saturated carbocycles. The van der Waals surface area contributed by atoms with Crippen LogP contribution in [0.2, 0.25) is 0 Å². The third-order valence-electron chi connectivity index (χ3n) is 2.72. The number of aromatic nitrogens is 2. The molecule has 2 N–H and O–H groups in total. The number of carboxylic acids is 1. The van der Waals surface area contributed by atoms with Gasteiger partial charge in [-0.05, 0) is 31.2 Å². The van der Waals surface area contributed by atoms with Crippen LogP contribution in [-0.4, -0.2) is 27.4 Å². The van der Waals surface area contributed by atoms with Crippen LogP contribution in [0.5, 0.6) is 0 Å². The fraction of sp³-hybridized carbons (Fsp3) is 0.286. The zero-order valence-electron chi connectivity index (χ0n) is 10.6. The molecule has 0 bridgehead atoms. The molecule has 1 aromatic carbocycles. The van der Waals surface area contributed by atoms with E-state index in [1.165, 1.54) is 0 Å². The Hall–Kier alpha value is -2.14. The number of para-hydroxylation sites is 1. The third-order valence-corrected chi connectivity index (χ3v) is 2.72. The third kappa shape index (κ3) is 4.22. The highest BCUT2D eigenvalue weighted by Crippen LogP contribution is 2.06. The first-order chi connectivity index (χ1) is 9.25. The number of rotatable bonds is 7. The molecular formula is C14H17N3O2. The van der Waals surface area contributed by atoms with Crippen LogP contribution in [0.4, 0.5) is 0 Å². The zero-order valence-corrected chi connectivity index (χ0v) is 10.6. The van der Waals surface area contributed by atoms with E-state index in [2.05, 4.69) is 10.4 Å². The van der Waals surface area contributed by atoms with Crippen LogP contribution in [0.3, 0.4) is 0 Å². The lowest BCUT2D eigenvalue weighted by molar-refractivity contribution is -0.137. The second-order valence-electron chi connectivity index (χ2n) is 4.26. The van der Waals surface area contributed by atoms with Crippen molar-refractivity contribution in [3.8, 4) is 5.69 Å². The van der Waals surface area contributed by atoms with Gasteiger partial charge >= 0.3 is 5.97 Å². The predicted molar refractivity (Wildman–Crippen MR) is 72.1 cm³/mol. The maximum absolute atomic E-state index is 10.3. The quantitative estimate of drug-likeness (QED) is 0.744. The van der Waals surface area contributed by atoms with Gasteiger partial charge in [0.05, 0.1) is 11.4 Å². The SMILES string of the molecule is O=C(O)CCCNCc1ccn(-c2ccccc2)n1. The maximum atomic E-state index is 10.3. The second-order valence-corrected chi connectivity index (χ2v) is 4.26. The number of carbonyl (C=O) groups is 1. The molecule has 1 heterocycles. The molecule has 5 nitrogen and oxygen atoms in total. The van der Waals surface area contributed by atoms with Crippen LogP contribution >= 0.6 is 0 Å². The average molecular weight is 259 g/mol. The molecule has 0 aliphatic carbocycles. The smallest absolute Gasteiger partial charge is 0.303 e. The molecule has 0 atom stereocenters. The minimum absolute atomic E-state index is 0.200. The molecule has 0 fully saturated rings. The van der Waals surface area contributed by atoms with E-state index in [9.17, 15) is 4.79 Å². The Morgan fingerprint density at radius 3 is 2.79 bits per heavy atom. The van der Waals surface area contributed by atoms with E-state index in [1.54, 1.807) is 0 Å². The summed E-state index contributed by atoms with van der Waals surface area (Å²) in [5.41, 5.74) is 1.97. The van der Waals surface area contributed by atoms with E-state index in [0.717, 1.165) is 11.4 Å². The lowest BCUT2D eigenvalue weighted by Crippen LogP contribution is -2.16. The molecule has 0 radical (unpaired) electrons. The van der Waals surface area contributed by atoms with Crippen molar-refractivity contribution in [1.82, 2.24) is 15.1 Å². The van der Waals surface area contributed by atoms with Crippen LogP contribution in [0, 0.1) is 0 Å². The second kappa shape index (κ2) is 6.70. The lowest BCUT2D eigenvalue weighted by atomic mass is 10.3. The summed E-state index contributed by atoms with van der Waals surface area (Å²) in [5.74, 6) is -0.754. The molecule has 2 aromatic rings. The van der Waals surface area contributed by atoms with Crippen molar-refractivity contribution in [2.24, 2.45) is 0 Å². The first-order valence-electron chi connectivity index (χ1n) is 6.28. The first-order valence-corrected chi connectivity index (χ1v) is 6.28. The molecule has 19 heavy (non-hydrogen) atoms. The van der Waals surface area contributed by atoms with Gasteiger partial charge in [0, 0.05) is 19.2 Å². The molecule has 0 aliphatic rings. The summed E-state index contributed by atoms with van der Waals surface area (Å²) < 4.78 is 1.83. The summed E-state index contributed by atoms with van der Waals surface area (Å²) in [6, 6.07) is 11.9. The van der Waals surface area contributed by atoms with E-state index >= 15 is 0 Å². The van der Waals surface area contributed by atoms with E-state index in [-0.39, 0.29) is 6.42 Å². The molecule has 0 aliphatic heterocycles. The lowest BCUT2D eigenvalue weighted by Gasteiger charge is -2.02. The van der Waals surface area contributed by atoms with Crippen LogP contribution in [0.15, 0.2) is 42.6 Å². The number of benzene rings is 1. The standard InChI is InChI=1S/C14H17N3O2/c18-14(19)7-4-9-15-11-12-8-10-17(16-12)13-5-2-1-3-6-13/h1-3,5-6,8,10,15H,4,7,9,11H2,(H,18,19). The van der Waals surface area contributed by atoms with E-state index in [4.69, 9.17) is 5.11 Å². The summed E-state index contributed by atoms with van der Waals surface area (Å²) in [6.45, 7) is 1.34. The van der Waals surface area contributed by atoms with Gasteiger partial charge in [0.15, 0.2) is 0 Å². The van der Waals surface area contributed by atoms with Crippen molar-refractivity contribution in [2.45, 2.75) is 19.4 Å². The minimum atomic E-state index is -0.754. The molecule has 100 valence electrons. The van der Waals surface area contributed by atoms with Gasteiger partial charge in [-0.3, -0.25) is 4.79 Å². The molecule has 0 spiro atoms. The molecule has 0 amide bonds. The van der Waals surface area contributed by atoms with E-state index < -0.39 is 5.97 Å². The van der Waals surface area contributed by atoms with Crippen molar-refractivity contribution >= 4 is 5.97 Å². The van der Waals surface area contributed by atoms with Crippen LogP contribution in [0.25, 0.3) is 5.69 Å². The molecule has 0 saturated heterocycles. The van der Waals surface area contributed by atoms with Gasteiger partial charge in [0.25, 0.3) is 0 Å². The highest BCUT2D eigenvalue weighted by atomic mass is 16.4. The number of hydrogen-bond donors (Lipinski definition) is 2. The average Bonchev–Trinajstić information content (AvgIpc) is 2.88. The van der Waals surface area contributed by atoms with Gasteiger partial charge in [0.1, 0.15) is 0 Å². The van der Waals surface area contributed by atoms with Crippen molar-refractivity contribution in [2.75, 3.05) is 6.54 Å². The molecule has 5 heteroatoms. The Kier molecular flexibility index (Phi) is 4.69. The summed E-state index contributed by atoms with van der Waals surface area (Å²) >= 11 is 0. The number of carboxylic acid groups (broad SMARTS) is 1. The van der Waals surface area contributed by atoms with Gasteiger partial charge in [-0.25, -0.2) is 4.68 Å². The maximum Gasteiger partial charge on any atom is 0.303 e. The van der Waals surface area contributed by atoms with Gasteiger partial charge in [-0.15, -0.1) is 0 Å². The fourth-order valence-electron chi connectivity index (χ4n) is 1.76. The molecular weight excluding hydrogens is 242 g/mol. The molecule has 2 rings (SSSR count). The van der Waals surface area contributed by atoms with Crippen molar-refractivity contribution in [3.05, 3.63) is 48.3 Å². The zero-order chi connectivity index (χ0) is 13.5. The summed E-state index contributed by atoms with van der Waals surface area (Å²) in [7, 11) is 0. The minimum Gasteiger partial charge on any atom is -0.481 e. The van der Waals surface area contributed by atoms with Gasteiger partial charge < -0.3 is 10.4 Å². The van der Waals surface area contributed by atoms with Crippen molar-refractivity contribution < 1.29 is 9.90 Å². The summed E-state index contributed by atoms with van der Waals surface area (Å²) in [5, 5.41) is 16.1. The van der Waals surface area contributed by atoms with Crippen LogP contribution in [0.1, 0.15) is 18.5 Å². The first kappa shape index (κ1) is 13.3. The summed E-state index contributed by atoms with van der Waals surface area (Å²) in [6.07, 6.45) is 2.75. The molecule has 0 unspecified atom stereocenters. The Balaban J connectivity index is 1.80. The number of aliphatic carboxylic acids is 1. The van der Waals surface area contributed by atoms with Gasteiger partial charge in [0.2, 0.25) is 0 Å². The van der Waals surface area contributed by atoms with Gasteiger partial charge in [-0.2, -0.15) is 5.10 Å². The molecule has 1 aromatic heterocycles. The summed E-state index contributed by atoms with van der Waals surface area (Å²) in [4.78, 5) is 10.3. The highest BCUT2D eigenvalue weighted by Gasteiger charge is 2.01. The topological polar surface area (TPSA) is 67.2 Å². The van der Waals surface area contributed by atoms with Crippen LogP contribution < -0.4 is 5.32 Å². The normalized spacial score (nSPS) is 10.5. The van der Waals surface area contributed by atoms with E-state index in [1.807, 2.05) is 47.3 Å².